The molecule has 1 heterocycles. The summed E-state index contributed by atoms with van der Waals surface area (Å²) in [5.41, 5.74) is -0.360. The SMILES string of the molecule is O=[N+]([O-])c1ccc([Se])c2c1=NC1(CCCCC1)N=2. The number of hydrogen-bond acceptors (Lipinski definition) is 4. The Balaban J connectivity index is 2.24. The van der Waals surface area contributed by atoms with E-state index in [1.165, 1.54) is 12.5 Å². The summed E-state index contributed by atoms with van der Waals surface area (Å²) in [6, 6.07) is 3.21. The number of fused-ring (bicyclic) bond motifs is 1. The molecule has 1 saturated carbocycles. The van der Waals surface area contributed by atoms with E-state index in [1.54, 1.807) is 6.07 Å². The minimum absolute atomic E-state index is 0.0650. The average Bonchev–Trinajstić information content (AvgIpc) is 2.70. The number of rotatable bonds is 1. The first-order valence-electron chi connectivity index (χ1n) is 6.06. The zero-order valence-electron chi connectivity index (χ0n) is 9.76. The van der Waals surface area contributed by atoms with Crippen LogP contribution < -0.4 is 15.2 Å². The van der Waals surface area contributed by atoms with Crippen LogP contribution in [-0.2, 0) is 0 Å². The predicted molar refractivity (Wildman–Crippen MR) is 66.6 cm³/mol. The molecule has 0 amide bonds. The van der Waals surface area contributed by atoms with E-state index >= 15 is 0 Å². The fourth-order valence-corrected chi connectivity index (χ4v) is 3.14. The summed E-state index contributed by atoms with van der Waals surface area (Å²) in [4.78, 5) is 19.9. The van der Waals surface area contributed by atoms with Crippen molar-refractivity contribution in [3.8, 4) is 0 Å². The van der Waals surface area contributed by atoms with E-state index < -0.39 is 5.66 Å². The van der Waals surface area contributed by atoms with Crippen LogP contribution in [0, 0.1) is 10.1 Å². The van der Waals surface area contributed by atoms with E-state index in [0.29, 0.717) is 10.7 Å². The molecule has 1 radical (unpaired) electrons. The van der Waals surface area contributed by atoms with Crippen molar-refractivity contribution < 1.29 is 4.92 Å². The number of nitro groups is 1. The van der Waals surface area contributed by atoms with Gasteiger partial charge in [0.05, 0.1) is 0 Å². The molecule has 3 rings (SSSR count). The van der Waals surface area contributed by atoms with E-state index in [9.17, 15) is 10.1 Å². The number of non-ortho nitro benzene ring substituents is 1. The van der Waals surface area contributed by atoms with E-state index in [0.717, 1.165) is 30.1 Å². The second-order valence-corrected chi connectivity index (χ2v) is 5.73. The van der Waals surface area contributed by atoms with Crippen molar-refractivity contribution in [1.82, 2.24) is 0 Å². The zero-order chi connectivity index (χ0) is 12.8. The van der Waals surface area contributed by atoms with Crippen LogP contribution in [0.1, 0.15) is 32.1 Å². The van der Waals surface area contributed by atoms with E-state index in [2.05, 4.69) is 26.0 Å². The molecule has 1 aromatic rings. The van der Waals surface area contributed by atoms with Crippen LogP contribution in [0.15, 0.2) is 22.1 Å². The standard InChI is InChI=1S/C12H12N3O2Se/c16-15(17)8-4-5-9(18)11-10(8)13-12(14-11)6-2-1-3-7-12/h4-5H,1-3,6-7H2. The van der Waals surface area contributed by atoms with Crippen LogP contribution >= 0.6 is 0 Å². The summed E-state index contributed by atoms with van der Waals surface area (Å²) in [5, 5.41) is 12.2. The molecule has 6 heteroatoms. The molecule has 1 aliphatic heterocycles. The third-order valence-corrected chi connectivity index (χ3v) is 4.27. The normalized spacial score (nSPS) is 20.0. The first-order chi connectivity index (χ1) is 8.61. The van der Waals surface area contributed by atoms with Crippen molar-refractivity contribution in [2.45, 2.75) is 37.8 Å². The van der Waals surface area contributed by atoms with Gasteiger partial charge in [-0.1, -0.05) is 0 Å². The Morgan fingerprint density at radius 2 is 1.83 bits per heavy atom. The number of nitrogens with zero attached hydrogens (tertiary/aromatic N) is 3. The second-order valence-electron chi connectivity index (χ2n) is 4.80. The van der Waals surface area contributed by atoms with Gasteiger partial charge >= 0.3 is 112 Å². The van der Waals surface area contributed by atoms with Crippen LogP contribution in [0.3, 0.4) is 0 Å². The van der Waals surface area contributed by atoms with E-state index in [-0.39, 0.29) is 10.6 Å². The molecule has 0 bridgehead atoms. The molecule has 93 valence electrons. The van der Waals surface area contributed by atoms with Crippen LogP contribution in [0.4, 0.5) is 5.69 Å². The van der Waals surface area contributed by atoms with Gasteiger partial charge in [-0.05, 0) is 0 Å². The van der Waals surface area contributed by atoms with Crippen molar-refractivity contribution in [2.75, 3.05) is 0 Å². The molecular weight excluding hydrogens is 297 g/mol. The Bertz CT molecular complexity index is 635. The van der Waals surface area contributed by atoms with E-state index in [1.807, 2.05) is 0 Å². The molecule has 2 aliphatic rings. The molecule has 1 fully saturated rings. The van der Waals surface area contributed by atoms with Gasteiger partial charge in [0.15, 0.2) is 0 Å². The fraction of sp³-hybridized carbons (Fsp3) is 0.500. The molecular formula is C12H12N3O2Se. The molecule has 0 N–H and O–H groups in total. The Hall–Kier alpha value is -1.26. The van der Waals surface area contributed by atoms with Gasteiger partial charge in [-0.25, -0.2) is 0 Å². The van der Waals surface area contributed by atoms with Crippen LogP contribution in [-0.4, -0.2) is 26.6 Å². The quantitative estimate of drug-likeness (QED) is 0.425. The predicted octanol–water partition coefficient (Wildman–Crippen LogP) is 0.302. The van der Waals surface area contributed by atoms with Crippen molar-refractivity contribution in [3.63, 3.8) is 0 Å². The average molecular weight is 309 g/mol. The van der Waals surface area contributed by atoms with Crippen molar-refractivity contribution in [3.05, 3.63) is 33.0 Å². The maximum atomic E-state index is 11.0. The van der Waals surface area contributed by atoms with Gasteiger partial charge in [0.2, 0.25) is 0 Å². The van der Waals surface area contributed by atoms with Gasteiger partial charge in [-0.15, -0.1) is 0 Å². The number of benzene rings is 1. The van der Waals surface area contributed by atoms with Crippen molar-refractivity contribution >= 4 is 26.2 Å². The maximum absolute atomic E-state index is 11.0. The van der Waals surface area contributed by atoms with Crippen LogP contribution in [0.25, 0.3) is 0 Å². The monoisotopic (exact) mass is 310 g/mol. The summed E-state index contributed by atoms with van der Waals surface area (Å²) in [7, 11) is 0. The molecule has 1 aliphatic carbocycles. The Morgan fingerprint density at radius 3 is 2.50 bits per heavy atom. The molecule has 18 heavy (non-hydrogen) atoms. The Morgan fingerprint density at radius 1 is 1.17 bits per heavy atom. The summed E-state index contributed by atoms with van der Waals surface area (Å²) in [6.07, 6.45) is 5.20. The first-order valence-corrected chi connectivity index (χ1v) is 6.91. The third kappa shape index (κ3) is 1.76. The summed E-state index contributed by atoms with van der Waals surface area (Å²) >= 11 is 2.91. The van der Waals surface area contributed by atoms with Crippen molar-refractivity contribution in [1.29, 1.82) is 0 Å². The Labute approximate surface area is 112 Å². The molecule has 0 saturated heterocycles. The van der Waals surface area contributed by atoms with Gasteiger partial charge in [-0.2, -0.15) is 0 Å². The van der Waals surface area contributed by atoms with Gasteiger partial charge in [0.1, 0.15) is 0 Å². The zero-order valence-corrected chi connectivity index (χ0v) is 11.5. The number of nitro benzene ring substituents is 1. The van der Waals surface area contributed by atoms with Gasteiger partial charge in [-0.3, -0.25) is 0 Å². The second kappa shape index (κ2) is 4.14. The van der Waals surface area contributed by atoms with Gasteiger partial charge in [0.25, 0.3) is 0 Å². The molecule has 1 spiro atoms. The third-order valence-electron chi connectivity index (χ3n) is 3.58. The van der Waals surface area contributed by atoms with Gasteiger partial charge < -0.3 is 0 Å². The number of hydrogen-bond donors (Lipinski definition) is 0. The summed E-state index contributed by atoms with van der Waals surface area (Å²) < 4.78 is 0.849. The summed E-state index contributed by atoms with van der Waals surface area (Å²) in [5.74, 6) is 0. The first kappa shape index (κ1) is 11.8. The molecule has 0 aromatic heterocycles. The minimum atomic E-state index is -0.425. The van der Waals surface area contributed by atoms with Crippen LogP contribution in [0.5, 0.6) is 0 Å². The van der Waals surface area contributed by atoms with E-state index in [4.69, 9.17) is 0 Å². The van der Waals surface area contributed by atoms with Crippen LogP contribution in [0.2, 0.25) is 0 Å². The summed E-state index contributed by atoms with van der Waals surface area (Å²) in [6.45, 7) is 0. The van der Waals surface area contributed by atoms with Crippen molar-refractivity contribution in [2.24, 2.45) is 9.98 Å². The molecule has 0 unspecified atom stereocenters. The topological polar surface area (TPSA) is 67.9 Å². The molecule has 1 aromatic carbocycles. The Kier molecular flexibility index (Phi) is 2.72. The van der Waals surface area contributed by atoms with Gasteiger partial charge in [0, 0.05) is 0 Å². The molecule has 5 nitrogen and oxygen atoms in total. The fourth-order valence-electron chi connectivity index (χ4n) is 2.70. The molecule has 0 atom stereocenters.